The molecule has 0 atom stereocenters. The van der Waals surface area contributed by atoms with Crippen LogP contribution in [-0.2, 0) is 17.1 Å². The zero-order valence-electron chi connectivity index (χ0n) is 12.0. The fraction of sp³-hybridized carbons (Fsp3) is 0.500. The normalized spacial score (nSPS) is 11.4. The van der Waals surface area contributed by atoms with Crippen molar-refractivity contribution in [1.82, 2.24) is 14.6 Å². The largest absolute Gasteiger partial charge is 0.351 e. The fourth-order valence-corrected chi connectivity index (χ4v) is 2.21. The van der Waals surface area contributed by atoms with Crippen molar-refractivity contribution >= 4 is 15.9 Å². The molecule has 20 heavy (non-hydrogen) atoms. The summed E-state index contributed by atoms with van der Waals surface area (Å²) < 4.78 is 26.0. The number of aromatic nitrogens is 1. The first-order chi connectivity index (χ1) is 9.19. The summed E-state index contributed by atoms with van der Waals surface area (Å²) in [6, 6.07) is 1.51. The first-order valence-electron chi connectivity index (χ1n) is 6.06. The summed E-state index contributed by atoms with van der Waals surface area (Å²) in [5, 5.41) is 2.43. The number of carbonyl (C=O) groups excluding carboxylic acids is 1. The maximum Gasteiger partial charge on any atom is 0.263 e. The van der Waals surface area contributed by atoms with E-state index in [4.69, 9.17) is 0 Å². The number of hydrogen-bond donors (Lipinski definition) is 2. The van der Waals surface area contributed by atoms with Crippen molar-refractivity contribution in [3.05, 3.63) is 33.2 Å². The quantitative estimate of drug-likeness (QED) is 0.750. The van der Waals surface area contributed by atoms with Gasteiger partial charge in [-0.05, 0) is 32.5 Å². The van der Waals surface area contributed by atoms with Gasteiger partial charge in [0.1, 0.15) is 5.56 Å². The highest BCUT2D eigenvalue weighted by Crippen LogP contribution is 2.05. The van der Waals surface area contributed by atoms with Crippen LogP contribution < -0.4 is 15.6 Å². The fourth-order valence-electron chi connectivity index (χ4n) is 1.64. The van der Waals surface area contributed by atoms with Gasteiger partial charge in [0.25, 0.3) is 11.5 Å². The van der Waals surface area contributed by atoms with E-state index in [2.05, 4.69) is 10.0 Å². The van der Waals surface area contributed by atoms with Crippen molar-refractivity contribution < 1.29 is 13.2 Å². The number of aryl methyl sites for hydroxylation is 1. The molecule has 0 aliphatic rings. The first-order valence-corrected chi connectivity index (χ1v) is 7.71. The molecule has 8 heteroatoms. The van der Waals surface area contributed by atoms with E-state index in [0.717, 1.165) is 11.3 Å². The summed E-state index contributed by atoms with van der Waals surface area (Å²) in [7, 11) is -0.487. The number of rotatable bonds is 5. The van der Waals surface area contributed by atoms with Crippen LogP contribution in [-0.4, -0.2) is 38.2 Å². The van der Waals surface area contributed by atoms with Gasteiger partial charge in [-0.25, -0.2) is 13.1 Å². The van der Waals surface area contributed by atoms with E-state index in [9.17, 15) is 18.0 Å². The van der Waals surface area contributed by atoms with Crippen LogP contribution in [0.1, 0.15) is 21.6 Å². The van der Waals surface area contributed by atoms with Gasteiger partial charge in [0, 0.05) is 19.3 Å². The summed E-state index contributed by atoms with van der Waals surface area (Å²) in [6.45, 7) is 3.53. The number of carbonyl (C=O) groups is 1. The second-order valence-corrected chi connectivity index (χ2v) is 6.52. The van der Waals surface area contributed by atoms with Crippen LogP contribution in [0, 0.1) is 13.8 Å². The number of nitrogens with one attached hydrogen (secondary N) is 2. The van der Waals surface area contributed by atoms with Crippen LogP contribution in [0.15, 0.2) is 10.9 Å². The van der Waals surface area contributed by atoms with Crippen molar-refractivity contribution in [3.63, 3.8) is 0 Å². The molecule has 0 unspecified atom stereocenters. The molecule has 0 fully saturated rings. The average Bonchev–Trinajstić information content (AvgIpc) is 2.40. The van der Waals surface area contributed by atoms with Gasteiger partial charge in [-0.2, -0.15) is 0 Å². The zero-order chi connectivity index (χ0) is 15.5. The van der Waals surface area contributed by atoms with Crippen LogP contribution in [0.25, 0.3) is 0 Å². The Morgan fingerprint density at radius 2 is 1.95 bits per heavy atom. The van der Waals surface area contributed by atoms with Crippen molar-refractivity contribution in [2.75, 3.05) is 19.3 Å². The minimum atomic E-state index is -3.38. The van der Waals surface area contributed by atoms with Gasteiger partial charge < -0.3 is 9.88 Å². The third-order valence-electron chi connectivity index (χ3n) is 3.18. The standard InChI is InChI=1S/C12H19N3O4S/c1-8-7-10(12(17)15(4)9(8)2)11(16)14-5-6-20(18,19)13-3/h7,13H,5-6H2,1-4H3,(H,14,16). The molecule has 2 N–H and O–H groups in total. The maximum absolute atomic E-state index is 12.0. The highest BCUT2D eigenvalue weighted by atomic mass is 32.2. The minimum absolute atomic E-state index is 0.0115. The van der Waals surface area contributed by atoms with E-state index in [1.807, 2.05) is 0 Å². The summed E-state index contributed by atoms with van der Waals surface area (Å²) in [5.41, 5.74) is 1.21. The molecule has 7 nitrogen and oxygen atoms in total. The molecular formula is C12H19N3O4S. The average molecular weight is 301 g/mol. The number of pyridine rings is 1. The van der Waals surface area contributed by atoms with E-state index in [1.165, 1.54) is 17.7 Å². The Morgan fingerprint density at radius 3 is 2.50 bits per heavy atom. The smallest absolute Gasteiger partial charge is 0.263 e. The zero-order valence-corrected chi connectivity index (χ0v) is 12.8. The van der Waals surface area contributed by atoms with Crippen LogP contribution in [0.3, 0.4) is 0 Å². The molecule has 0 bridgehead atoms. The first kappa shape index (κ1) is 16.4. The molecule has 0 spiro atoms. The highest BCUT2D eigenvalue weighted by Gasteiger charge is 2.15. The lowest BCUT2D eigenvalue weighted by molar-refractivity contribution is 0.0954. The Kier molecular flexibility index (Phi) is 5.07. The predicted molar refractivity (Wildman–Crippen MR) is 76.3 cm³/mol. The highest BCUT2D eigenvalue weighted by molar-refractivity contribution is 7.89. The topological polar surface area (TPSA) is 97.3 Å². The van der Waals surface area contributed by atoms with Gasteiger partial charge in [-0.3, -0.25) is 9.59 Å². The van der Waals surface area contributed by atoms with Crippen LogP contribution >= 0.6 is 0 Å². The van der Waals surface area contributed by atoms with Crippen LogP contribution in [0.4, 0.5) is 0 Å². The molecule has 0 radical (unpaired) electrons. The van der Waals surface area contributed by atoms with Crippen LogP contribution in [0.5, 0.6) is 0 Å². The Balaban J connectivity index is 2.87. The van der Waals surface area contributed by atoms with Gasteiger partial charge >= 0.3 is 0 Å². The molecule has 0 saturated carbocycles. The van der Waals surface area contributed by atoms with Gasteiger partial charge in [0.05, 0.1) is 5.75 Å². The molecular weight excluding hydrogens is 282 g/mol. The minimum Gasteiger partial charge on any atom is -0.351 e. The predicted octanol–water partition coefficient (Wildman–Crippen LogP) is -0.719. The second-order valence-electron chi connectivity index (χ2n) is 4.47. The summed E-state index contributed by atoms with van der Waals surface area (Å²) in [5.74, 6) is -0.805. The van der Waals surface area contributed by atoms with Gasteiger partial charge in [-0.15, -0.1) is 0 Å². The van der Waals surface area contributed by atoms with E-state index in [0.29, 0.717) is 0 Å². The Hall–Kier alpha value is -1.67. The van der Waals surface area contributed by atoms with Crippen molar-refractivity contribution in [1.29, 1.82) is 0 Å². The van der Waals surface area contributed by atoms with Gasteiger partial charge in [-0.1, -0.05) is 0 Å². The monoisotopic (exact) mass is 301 g/mol. The molecule has 0 saturated heterocycles. The van der Waals surface area contributed by atoms with E-state index in [-0.39, 0.29) is 17.9 Å². The molecule has 0 aromatic carbocycles. The maximum atomic E-state index is 12.0. The lowest BCUT2D eigenvalue weighted by atomic mass is 10.1. The Bertz CT molecular complexity index is 677. The van der Waals surface area contributed by atoms with Crippen LogP contribution in [0.2, 0.25) is 0 Å². The number of sulfonamides is 1. The third kappa shape index (κ3) is 3.67. The number of hydrogen-bond acceptors (Lipinski definition) is 4. The third-order valence-corrected chi connectivity index (χ3v) is 4.55. The Labute approximate surface area is 118 Å². The molecule has 1 aromatic heterocycles. The molecule has 0 aliphatic carbocycles. The Morgan fingerprint density at radius 1 is 1.35 bits per heavy atom. The summed E-state index contributed by atoms with van der Waals surface area (Å²) in [6.07, 6.45) is 0. The number of nitrogens with zero attached hydrogens (tertiary/aromatic N) is 1. The molecule has 1 amide bonds. The molecule has 1 heterocycles. The summed E-state index contributed by atoms with van der Waals surface area (Å²) in [4.78, 5) is 23.9. The lowest BCUT2D eigenvalue weighted by Gasteiger charge is -2.10. The molecule has 112 valence electrons. The van der Waals surface area contributed by atoms with E-state index < -0.39 is 21.5 Å². The van der Waals surface area contributed by atoms with Gasteiger partial charge in [0.15, 0.2) is 0 Å². The molecule has 1 rings (SSSR count). The second kappa shape index (κ2) is 6.19. The summed E-state index contributed by atoms with van der Waals surface area (Å²) >= 11 is 0. The van der Waals surface area contributed by atoms with Gasteiger partial charge in [0.2, 0.25) is 10.0 Å². The number of amides is 1. The molecule has 1 aromatic rings. The molecule has 0 aliphatic heterocycles. The SMILES string of the molecule is CNS(=O)(=O)CCNC(=O)c1cc(C)c(C)n(C)c1=O. The van der Waals surface area contributed by atoms with E-state index >= 15 is 0 Å². The van der Waals surface area contributed by atoms with Crippen molar-refractivity contribution in [3.8, 4) is 0 Å². The van der Waals surface area contributed by atoms with Crippen molar-refractivity contribution in [2.45, 2.75) is 13.8 Å². The van der Waals surface area contributed by atoms with Crippen molar-refractivity contribution in [2.24, 2.45) is 7.05 Å². The lowest BCUT2D eigenvalue weighted by Crippen LogP contribution is -2.37. The van der Waals surface area contributed by atoms with E-state index in [1.54, 1.807) is 20.9 Å².